The fourth-order valence-corrected chi connectivity index (χ4v) is 1.95. The summed E-state index contributed by atoms with van der Waals surface area (Å²) in [6.45, 7) is 7.92. The number of hydrogen-bond acceptors (Lipinski definition) is 1. The van der Waals surface area contributed by atoms with Gasteiger partial charge in [-0.2, -0.15) is 0 Å². The quantitative estimate of drug-likeness (QED) is 0.309. The fourth-order valence-electron chi connectivity index (χ4n) is 1.95. The average molecular weight is 239 g/mol. The van der Waals surface area contributed by atoms with E-state index in [0.29, 0.717) is 0 Å². The molecule has 1 heteroatoms. The van der Waals surface area contributed by atoms with Crippen LogP contribution in [0.25, 0.3) is 0 Å². The van der Waals surface area contributed by atoms with Crippen molar-refractivity contribution in [3.63, 3.8) is 0 Å². The van der Waals surface area contributed by atoms with E-state index in [0.717, 1.165) is 12.5 Å². The van der Waals surface area contributed by atoms with Crippen molar-refractivity contribution in [1.82, 2.24) is 0 Å². The summed E-state index contributed by atoms with van der Waals surface area (Å²) in [6.07, 6.45) is 15.6. The topological polar surface area (TPSA) is 12.4 Å². The molecule has 102 valence electrons. The lowest BCUT2D eigenvalue weighted by Gasteiger charge is -2.01. The van der Waals surface area contributed by atoms with Crippen molar-refractivity contribution in [2.45, 2.75) is 85.0 Å². The molecule has 0 atom stereocenters. The first-order valence-electron chi connectivity index (χ1n) is 7.75. The van der Waals surface area contributed by atoms with Gasteiger partial charge >= 0.3 is 0 Å². The zero-order valence-electron chi connectivity index (χ0n) is 12.4. The van der Waals surface area contributed by atoms with Gasteiger partial charge in [0.05, 0.1) is 0 Å². The molecule has 0 aromatic heterocycles. The first-order valence-corrected chi connectivity index (χ1v) is 7.75. The molecule has 0 aliphatic carbocycles. The summed E-state index contributed by atoms with van der Waals surface area (Å²) in [6, 6.07) is 0. The van der Waals surface area contributed by atoms with Crippen LogP contribution in [0.15, 0.2) is 4.99 Å². The third-order valence-electron chi connectivity index (χ3n) is 3.13. The summed E-state index contributed by atoms with van der Waals surface area (Å²) in [4.78, 5) is 4.48. The third kappa shape index (κ3) is 15.7. The second kappa shape index (κ2) is 13.7. The molecule has 0 aromatic carbocycles. The Labute approximate surface area is 109 Å². The van der Waals surface area contributed by atoms with Gasteiger partial charge in [-0.05, 0) is 31.4 Å². The Morgan fingerprint density at radius 3 is 2.29 bits per heavy atom. The largest absolute Gasteiger partial charge is 0.298 e. The predicted octanol–water partition coefficient (Wildman–Crippen LogP) is 5.63. The van der Waals surface area contributed by atoms with Crippen molar-refractivity contribution < 1.29 is 0 Å². The van der Waals surface area contributed by atoms with Crippen LogP contribution in [-0.4, -0.2) is 12.8 Å². The maximum Gasteiger partial charge on any atom is 0.0385 e. The Bertz CT molecular complexity index is 161. The molecule has 0 amide bonds. The van der Waals surface area contributed by atoms with E-state index in [2.05, 4.69) is 32.0 Å². The standard InChI is InChI=1S/C16H33N/c1-4-5-6-7-8-11-14-17-15-12-9-10-13-16(2)3/h15-16H,4-14H2,1-3H3. The predicted molar refractivity (Wildman–Crippen MR) is 80.0 cm³/mol. The van der Waals surface area contributed by atoms with Crippen molar-refractivity contribution in [3.05, 3.63) is 0 Å². The minimum atomic E-state index is 0.857. The molecule has 0 aliphatic heterocycles. The molecular weight excluding hydrogens is 206 g/mol. The number of rotatable bonds is 12. The number of hydrogen-bond donors (Lipinski definition) is 0. The number of aliphatic imine (C=N–C) groups is 1. The van der Waals surface area contributed by atoms with E-state index < -0.39 is 0 Å². The first-order chi connectivity index (χ1) is 8.27. The Kier molecular flexibility index (Phi) is 13.5. The van der Waals surface area contributed by atoms with Crippen LogP contribution < -0.4 is 0 Å². The molecule has 0 unspecified atom stereocenters. The van der Waals surface area contributed by atoms with Crippen LogP contribution in [-0.2, 0) is 0 Å². The zero-order valence-corrected chi connectivity index (χ0v) is 12.4. The van der Waals surface area contributed by atoms with Gasteiger partial charge in [-0.25, -0.2) is 0 Å². The van der Waals surface area contributed by atoms with Gasteiger partial charge in [0.15, 0.2) is 0 Å². The van der Waals surface area contributed by atoms with E-state index in [4.69, 9.17) is 0 Å². The summed E-state index contributed by atoms with van der Waals surface area (Å²) >= 11 is 0. The molecule has 1 nitrogen and oxygen atoms in total. The first kappa shape index (κ1) is 16.7. The van der Waals surface area contributed by atoms with E-state index in [9.17, 15) is 0 Å². The smallest absolute Gasteiger partial charge is 0.0385 e. The van der Waals surface area contributed by atoms with Crippen LogP contribution in [0, 0.1) is 5.92 Å². The summed E-state index contributed by atoms with van der Waals surface area (Å²) in [5.41, 5.74) is 0. The van der Waals surface area contributed by atoms with Crippen molar-refractivity contribution in [2.75, 3.05) is 6.54 Å². The second-order valence-corrected chi connectivity index (χ2v) is 5.53. The monoisotopic (exact) mass is 239 g/mol. The van der Waals surface area contributed by atoms with Gasteiger partial charge in [-0.15, -0.1) is 0 Å². The highest BCUT2D eigenvalue weighted by atomic mass is 14.7. The molecule has 0 N–H and O–H groups in total. The zero-order chi connectivity index (χ0) is 12.8. The van der Waals surface area contributed by atoms with Crippen LogP contribution in [0.3, 0.4) is 0 Å². The minimum absolute atomic E-state index is 0.857. The fraction of sp³-hybridized carbons (Fsp3) is 0.938. The molecule has 0 fully saturated rings. The Morgan fingerprint density at radius 2 is 1.59 bits per heavy atom. The minimum Gasteiger partial charge on any atom is -0.298 e. The Morgan fingerprint density at radius 1 is 0.882 bits per heavy atom. The normalized spacial score (nSPS) is 11.8. The van der Waals surface area contributed by atoms with E-state index in [1.165, 1.54) is 64.2 Å². The van der Waals surface area contributed by atoms with Gasteiger partial charge in [0.2, 0.25) is 0 Å². The molecule has 0 saturated heterocycles. The highest BCUT2D eigenvalue weighted by Crippen LogP contribution is 2.07. The lowest BCUT2D eigenvalue weighted by Crippen LogP contribution is -1.88. The molecule has 0 aliphatic rings. The van der Waals surface area contributed by atoms with E-state index >= 15 is 0 Å². The van der Waals surface area contributed by atoms with E-state index in [-0.39, 0.29) is 0 Å². The van der Waals surface area contributed by atoms with Crippen molar-refractivity contribution in [1.29, 1.82) is 0 Å². The van der Waals surface area contributed by atoms with Crippen LogP contribution >= 0.6 is 0 Å². The highest BCUT2D eigenvalue weighted by Gasteiger charge is 1.92. The summed E-state index contributed by atoms with van der Waals surface area (Å²) in [5.74, 6) is 0.857. The molecule has 0 spiro atoms. The van der Waals surface area contributed by atoms with Crippen molar-refractivity contribution in [3.8, 4) is 0 Å². The Balaban J connectivity index is 3.04. The van der Waals surface area contributed by atoms with Gasteiger partial charge in [-0.1, -0.05) is 65.7 Å². The molecule has 17 heavy (non-hydrogen) atoms. The molecule has 0 aromatic rings. The lowest BCUT2D eigenvalue weighted by atomic mass is 10.1. The maximum atomic E-state index is 4.48. The summed E-state index contributed by atoms with van der Waals surface area (Å²) in [7, 11) is 0. The molecule has 0 radical (unpaired) electrons. The van der Waals surface area contributed by atoms with Gasteiger partial charge < -0.3 is 0 Å². The number of nitrogens with zero attached hydrogens (tertiary/aromatic N) is 1. The maximum absolute atomic E-state index is 4.48. The van der Waals surface area contributed by atoms with Crippen LogP contribution in [0.5, 0.6) is 0 Å². The van der Waals surface area contributed by atoms with Gasteiger partial charge in [-0.3, -0.25) is 4.99 Å². The van der Waals surface area contributed by atoms with Gasteiger partial charge in [0.25, 0.3) is 0 Å². The third-order valence-corrected chi connectivity index (χ3v) is 3.13. The second-order valence-electron chi connectivity index (χ2n) is 5.53. The van der Waals surface area contributed by atoms with E-state index in [1.807, 2.05) is 0 Å². The molecule has 0 saturated carbocycles. The SMILES string of the molecule is CCCCCCCCN=CCCCCC(C)C. The average Bonchev–Trinajstić information content (AvgIpc) is 2.30. The summed E-state index contributed by atoms with van der Waals surface area (Å²) < 4.78 is 0. The molecule has 0 bridgehead atoms. The lowest BCUT2D eigenvalue weighted by molar-refractivity contribution is 0.544. The molecular formula is C16H33N. The number of unbranched alkanes of at least 4 members (excludes halogenated alkanes) is 7. The van der Waals surface area contributed by atoms with Crippen molar-refractivity contribution in [2.24, 2.45) is 10.9 Å². The van der Waals surface area contributed by atoms with Crippen molar-refractivity contribution >= 4 is 6.21 Å². The van der Waals surface area contributed by atoms with Crippen LogP contribution in [0.1, 0.15) is 85.0 Å². The van der Waals surface area contributed by atoms with Crippen LogP contribution in [0.4, 0.5) is 0 Å². The van der Waals surface area contributed by atoms with Gasteiger partial charge in [0.1, 0.15) is 0 Å². The molecule has 0 rings (SSSR count). The molecule has 0 heterocycles. The highest BCUT2D eigenvalue weighted by molar-refractivity contribution is 5.56. The Hall–Kier alpha value is -0.330. The van der Waals surface area contributed by atoms with E-state index in [1.54, 1.807) is 0 Å². The van der Waals surface area contributed by atoms with Gasteiger partial charge in [0, 0.05) is 6.54 Å². The summed E-state index contributed by atoms with van der Waals surface area (Å²) in [5, 5.41) is 0. The van der Waals surface area contributed by atoms with Crippen LogP contribution in [0.2, 0.25) is 0 Å².